The average Bonchev–Trinajstić information content (AvgIpc) is 2.72. The van der Waals surface area contributed by atoms with Crippen molar-refractivity contribution in [1.29, 1.82) is 0 Å². The van der Waals surface area contributed by atoms with E-state index in [-0.39, 0.29) is 12.4 Å². The van der Waals surface area contributed by atoms with E-state index in [1.165, 1.54) is 10.9 Å². The van der Waals surface area contributed by atoms with E-state index in [0.717, 1.165) is 0 Å². The molecule has 2 aromatic rings. The number of ether oxygens (including phenoxy) is 1. The molecule has 1 heterocycles. The molecule has 17 heavy (non-hydrogen) atoms. The molecule has 2 rings (SSSR count). The van der Waals surface area contributed by atoms with Crippen molar-refractivity contribution in [3.05, 3.63) is 41.2 Å². The highest BCUT2D eigenvalue weighted by Crippen LogP contribution is 2.17. The van der Waals surface area contributed by atoms with Gasteiger partial charge in [-0.2, -0.15) is 0 Å². The molecular formula is C11H10ClN3O2. The van der Waals surface area contributed by atoms with E-state index in [4.69, 9.17) is 16.3 Å². The number of benzene rings is 1. The summed E-state index contributed by atoms with van der Waals surface area (Å²) in [6, 6.07) is 6.88. The predicted molar refractivity (Wildman–Crippen MR) is 62.3 cm³/mol. The molecule has 0 unspecified atom stereocenters. The summed E-state index contributed by atoms with van der Waals surface area (Å²) in [5, 5.41) is 7.87. The molecule has 0 fully saturated rings. The van der Waals surface area contributed by atoms with Gasteiger partial charge < -0.3 is 4.74 Å². The fourth-order valence-corrected chi connectivity index (χ4v) is 1.50. The first-order chi connectivity index (χ1) is 8.16. The minimum atomic E-state index is -0.183. The third kappa shape index (κ3) is 2.82. The lowest BCUT2D eigenvalue weighted by atomic mass is 10.3. The first kappa shape index (κ1) is 11.6. The molecule has 0 aliphatic rings. The van der Waals surface area contributed by atoms with Gasteiger partial charge in [0.05, 0.1) is 6.20 Å². The van der Waals surface area contributed by atoms with Gasteiger partial charge in [0.15, 0.2) is 6.61 Å². The lowest BCUT2D eigenvalue weighted by Crippen LogP contribution is -2.15. The van der Waals surface area contributed by atoms with E-state index in [0.29, 0.717) is 16.5 Å². The zero-order chi connectivity index (χ0) is 12.3. The van der Waals surface area contributed by atoms with Crippen LogP contribution in [-0.2, 0) is 7.05 Å². The molecule has 0 aliphatic heterocycles. The number of aromatic nitrogens is 3. The van der Waals surface area contributed by atoms with Gasteiger partial charge in [-0.1, -0.05) is 22.9 Å². The second-order valence-corrected chi connectivity index (χ2v) is 3.85. The maximum atomic E-state index is 11.7. The lowest BCUT2D eigenvalue weighted by molar-refractivity contribution is 0.0912. The van der Waals surface area contributed by atoms with Gasteiger partial charge in [-0.15, -0.1) is 5.10 Å². The van der Waals surface area contributed by atoms with Crippen molar-refractivity contribution in [2.75, 3.05) is 6.61 Å². The maximum Gasteiger partial charge on any atom is 0.219 e. The summed E-state index contributed by atoms with van der Waals surface area (Å²) in [7, 11) is 1.65. The van der Waals surface area contributed by atoms with Crippen molar-refractivity contribution >= 4 is 17.4 Å². The first-order valence-corrected chi connectivity index (χ1v) is 5.31. The van der Waals surface area contributed by atoms with Crippen LogP contribution < -0.4 is 4.74 Å². The fraction of sp³-hybridized carbons (Fsp3) is 0.182. The van der Waals surface area contributed by atoms with Crippen LogP contribution >= 0.6 is 11.6 Å². The molecule has 0 saturated heterocycles. The van der Waals surface area contributed by atoms with Gasteiger partial charge in [-0.25, -0.2) is 4.68 Å². The Balaban J connectivity index is 1.99. The molecule has 0 atom stereocenters. The summed E-state index contributed by atoms with van der Waals surface area (Å²) in [6.07, 6.45) is 1.41. The Morgan fingerprint density at radius 3 is 3.00 bits per heavy atom. The molecule has 0 N–H and O–H groups in total. The molecule has 0 aliphatic carbocycles. The van der Waals surface area contributed by atoms with Crippen LogP contribution in [-0.4, -0.2) is 27.4 Å². The Bertz CT molecular complexity index is 539. The SMILES string of the molecule is Cn1nncc1C(=O)COc1cccc(Cl)c1. The van der Waals surface area contributed by atoms with Gasteiger partial charge in [-0.3, -0.25) is 4.79 Å². The number of Topliss-reactive ketones (excluding diaryl/α,β-unsaturated/α-hetero) is 1. The number of halogens is 1. The third-order valence-electron chi connectivity index (χ3n) is 2.17. The van der Waals surface area contributed by atoms with Gasteiger partial charge >= 0.3 is 0 Å². The zero-order valence-electron chi connectivity index (χ0n) is 9.13. The number of rotatable bonds is 4. The van der Waals surface area contributed by atoms with E-state index < -0.39 is 0 Å². The van der Waals surface area contributed by atoms with Crippen molar-refractivity contribution < 1.29 is 9.53 Å². The quantitative estimate of drug-likeness (QED) is 0.777. The van der Waals surface area contributed by atoms with Crippen LogP contribution in [0.1, 0.15) is 10.5 Å². The Morgan fingerprint density at radius 2 is 2.35 bits per heavy atom. The summed E-state index contributed by atoms with van der Waals surface area (Å²) < 4.78 is 6.73. The van der Waals surface area contributed by atoms with Crippen LogP contribution in [0.2, 0.25) is 5.02 Å². The van der Waals surface area contributed by atoms with Crippen LogP contribution in [0.15, 0.2) is 30.5 Å². The van der Waals surface area contributed by atoms with Crippen molar-refractivity contribution in [3.63, 3.8) is 0 Å². The largest absolute Gasteiger partial charge is 0.485 e. The van der Waals surface area contributed by atoms with Crippen LogP contribution in [0.4, 0.5) is 0 Å². The highest BCUT2D eigenvalue weighted by molar-refractivity contribution is 6.30. The van der Waals surface area contributed by atoms with Crippen LogP contribution in [0, 0.1) is 0 Å². The molecule has 6 heteroatoms. The molecule has 5 nitrogen and oxygen atoms in total. The van der Waals surface area contributed by atoms with Crippen molar-refractivity contribution in [2.24, 2.45) is 7.05 Å². The number of nitrogens with zero attached hydrogens (tertiary/aromatic N) is 3. The van der Waals surface area contributed by atoms with Gasteiger partial charge in [0.25, 0.3) is 0 Å². The second-order valence-electron chi connectivity index (χ2n) is 3.41. The maximum absolute atomic E-state index is 11.7. The highest BCUT2D eigenvalue weighted by Gasteiger charge is 2.11. The average molecular weight is 252 g/mol. The normalized spacial score (nSPS) is 10.2. The molecule has 0 bridgehead atoms. The van der Waals surface area contributed by atoms with E-state index in [1.54, 1.807) is 31.3 Å². The first-order valence-electron chi connectivity index (χ1n) is 4.93. The van der Waals surface area contributed by atoms with Crippen molar-refractivity contribution in [2.45, 2.75) is 0 Å². The number of carbonyl (C=O) groups excluding carboxylic acids is 1. The minimum Gasteiger partial charge on any atom is -0.485 e. The van der Waals surface area contributed by atoms with E-state index in [1.807, 2.05) is 0 Å². The standard InChI is InChI=1S/C11H10ClN3O2/c1-15-10(6-13-14-15)11(16)7-17-9-4-2-3-8(12)5-9/h2-6H,7H2,1H3. The topological polar surface area (TPSA) is 57.0 Å². The Labute approximate surface area is 103 Å². The van der Waals surface area contributed by atoms with Gasteiger partial charge in [-0.05, 0) is 18.2 Å². The molecular weight excluding hydrogens is 242 g/mol. The molecule has 0 radical (unpaired) electrons. The van der Waals surface area contributed by atoms with Crippen LogP contribution in [0.25, 0.3) is 0 Å². The zero-order valence-corrected chi connectivity index (χ0v) is 9.89. The van der Waals surface area contributed by atoms with E-state index in [9.17, 15) is 4.79 Å². The highest BCUT2D eigenvalue weighted by atomic mass is 35.5. The van der Waals surface area contributed by atoms with E-state index in [2.05, 4.69) is 10.3 Å². The molecule has 1 aromatic heterocycles. The number of aryl methyl sites for hydroxylation is 1. The van der Waals surface area contributed by atoms with Crippen LogP contribution in [0.3, 0.4) is 0 Å². The fourth-order valence-electron chi connectivity index (χ4n) is 1.32. The smallest absolute Gasteiger partial charge is 0.219 e. The molecule has 1 aromatic carbocycles. The van der Waals surface area contributed by atoms with Crippen molar-refractivity contribution in [3.8, 4) is 5.75 Å². The predicted octanol–water partition coefficient (Wildman–Crippen LogP) is 1.73. The second kappa shape index (κ2) is 4.97. The monoisotopic (exact) mass is 251 g/mol. The summed E-state index contributed by atoms with van der Waals surface area (Å²) >= 11 is 5.80. The molecule has 0 saturated carbocycles. The molecule has 0 spiro atoms. The summed E-state index contributed by atoms with van der Waals surface area (Å²) in [5.74, 6) is 0.374. The van der Waals surface area contributed by atoms with Crippen LogP contribution in [0.5, 0.6) is 5.75 Å². The number of hydrogen-bond donors (Lipinski definition) is 0. The number of hydrogen-bond acceptors (Lipinski definition) is 4. The third-order valence-corrected chi connectivity index (χ3v) is 2.40. The summed E-state index contributed by atoms with van der Waals surface area (Å²) in [5.41, 5.74) is 0.409. The lowest BCUT2D eigenvalue weighted by Gasteiger charge is -2.05. The number of carbonyl (C=O) groups is 1. The Hall–Kier alpha value is -1.88. The Kier molecular flexibility index (Phi) is 3.39. The van der Waals surface area contributed by atoms with Gasteiger partial charge in [0.1, 0.15) is 11.4 Å². The molecule has 88 valence electrons. The van der Waals surface area contributed by atoms with Gasteiger partial charge in [0.2, 0.25) is 5.78 Å². The summed E-state index contributed by atoms with van der Waals surface area (Å²) in [4.78, 5) is 11.7. The van der Waals surface area contributed by atoms with E-state index >= 15 is 0 Å². The van der Waals surface area contributed by atoms with Crippen molar-refractivity contribution in [1.82, 2.24) is 15.0 Å². The summed E-state index contributed by atoms with van der Waals surface area (Å²) in [6.45, 7) is -0.0679. The van der Waals surface area contributed by atoms with Gasteiger partial charge in [0, 0.05) is 12.1 Å². The molecule has 0 amide bonds. The number of ketones is 1. The Morgan fingerprint density at radius 1 is 1.53 bits per heavy atom. The minimum absolute atomic E-state index is 0.0679.